The first-order valence-corrected chi connectivity index (χ1v) is 9.91. The highest BCUT2D eigenvalue weighted by Gasteiger charge is 2.51. The molecule has 1 amide bonds. The molecular formula is C21H19ClN2O2S. The van der Waals surface area contributed by atoms with E-state index in [1.807, 2.05) is 55.5 Å². The molecule has 0 saturated heterocycles. The van der Waals surface area contributed by atoms with Crippen molar-refractivity contribution >= 4 is 34.0 Å². The van der Waals surface area contributed by atoms with Gasteiger partial charge in [0, 0.05) is 15.5 Å². The van der Waals surface area contributed by atoms with E-state index in [-0.39, 0.29) is 5.91 Å². The number of carbonyl (C=O) groups excluding carboxylic acids is 1. The lowest BCUT2D eigenvalue weighted by Crippen LogP contribution is -2.27. The largest absolute Gasteiger partial charge is 0.497 e. The summed E-state index contributed by atoms with van der Waals surface area (Å²) in [5.41, 5.74) is 2.44. The first-order chi connectivity index (χ1) is 13.0. The van der Waals surface area contributed by atoms with Gasteiger partial charge in [0.05, 0.1) is 18.2 Å². The number of benzene rings is 2. The van der Waals surface area contributed by atoms with Crippen LogP contribution in [0.3, 0.4) is 0 Å². The van der Waals surface area contributed by atoms with Gasteiger partial charge in [-0.3, -0.25) is 4.79 Å². The van der Waals surface area contributed by atoms with Crippen LogP contribution >= 0.6 is 22.9 Å². The molecule has 27 heavy (non-hydrogen) atoms. The molecule has 1 fully saturated rings. The number of halogens is 1. The number of hydrogen-bond donors (Lipinski definition) is 1. The zero-order valence-corrected chi connectivity index (χ0v) is 16.7. The molecule has 3 aromatic rings. The molecule has 0 unspecified atom stereocenters. The molecule has 6 heteroatoms. The third-order valence-corrected chi connectivity index (χ3v) is 6.10. The number of carbonyl (C=O) groups is 1. The predicted molar refractivity (Wildman–Crippen MR) is 110 cm³/mol. The zero-order chi connectivity index (χ0) is 19.0. The number of aromatic nitrogens is 1. The van der Waals surface area contributed by atoms with E-state index >= 15 is 0 Å². The van der Waals surface area contributed by atoms with Gasteiger partial charge < -0.3 is 10.1 Å². The molecule has 0 aliphatic heterocycles. The minimum Gasteiger partial charge on any atom is -0.497 e. The Kier molecular flexibility index (Phi) is 4.66. The Hall–Kier alpha value is -2.37. The van der Waals surface area contributed by atoms with Gasteiger partial charge >= 0.3 is 0 Å². The molecule has 1 saturated carbocycles. The van der Waals surface area contributed by atoms with Crippen LogP contribution in [-0.4, -0.2) is 18.0 Å². The monoisotopic (exact) mass is 398 g/mol. The molecular weight excluding hydrogens is 380 g/mol. The van der Waals surface area contributed by atoms with Crippen LogP contribution in [-0.2, 0) is 10.2 Å². The minimum atomic E-state index is -0.454. The van der Waals surface area contributed by atoms with Crippen molar-refractivity contribution in [3.63, 3.8) is 0 Å². The average Bonchev–Trinajstić information content (AvgIpc) is 3.41. The summed E-state index contributed by atoms with van der Waals surface area (Å²) in [6.07, 6.45) is 1.69. The van der Waals surface area contributed by atoms with Gasteiger partial charge in [-0.25, -0.2) is 4.98 Å². The summed E-state index contributed by atoms with van der Waals surface area (Å²) >= 11 is 7.47. The van der Waals surface area contributed by atoms with Gasteiger partial charge in [0.1, 0.15) is 5.75 Å². The minimum absolute atomic E-state index is 0.000136. The maximum absolute atomic E-state index is 12.9. The normalized spacial score (nSPS) is 14.6. The molecule has 4 nitrogen and oxygen atoms in total. The van der Waals surface area contributed by atoms with Crippen LogP contribution in [0.5, 0.6) is 5.75 Å². The maximum atomic E-state index is 12.9. The summed E-state index contributed by atoms with van der Waals surface area (Å²) in [5.74, 6) is 0.804. The lowest BCUT2D eigenvalue weighted by molar-refractivity contribution is -0.118. The van der Waals surface area contributed by atoms with Gasteiger partial charge in [0.2, 0.25) is 5.91 Å². The number of hydrogen-bond acceptors (Lipinski definition) is 4. The second kappa shape index (κ2) is 6.98. The first kappa shape index (κ1) is 18.0. The summed E-state index contributed by atoms with van der Waals surface area (Å²) in [6, 6.07) is 15.3. The molecule has 1 aliphatic carbocycles. The van der Waals surface area contributed by atoms with Crippen LogP contribution in [0.25, 0.3) is 11.3 Å². The first-order valence-electron chi connectivity index (χ1n) is 8.71. The maximum Gasteiger partial charge on any atom is 0.236 e. The van der Waals surface area contributed by atoms with Crippen LogP contribution in [0.1, 0.15) is 23.3 Å². The second-order valence-electron chi connectivity index (χ2n) is 6.70. The molecule has 4 rings (SSSR count). The van der Waals surface area contributed by atoms with Crippen molar-refractivity contribution in [2.24, 2.45) is 0 Å². The van der Waals surface area contributed by atoms with E-state index in [1.165, 1.54) is 11.3 Å². The molecule has 2 aromatic carbocycles. The van der Waals surface area contributed by atoms with Gasteiger partial charge in [-0.05, 0) is 61.7 Å². The molecule has 0 atom stereocenters. The topological polar surface area (TPSA) is 51.2 Å². The van der Waals surface area contributed by atoms with Gasteiger partial charge in [-0.2, -0.15) is 0 Å². The number of ether oxygens (including phenoxy) is 1. The van der Waals surface area contributed by atoms with Crippen molar-refractivity contribution in [2.75, 3.05) is 12.4 Å². The predicted octanol–water partition coefficient (Wildman–Crippen LogP) is 5.45. The highest BCUT2D eigenvalue weighted by molar-refractivity contribution is 7.16. The van der Waals surface area contributed by atoms with Crippen molar-refractivity contribution < 1.29 is 9.53 Å². The third kappa shape index (κ3) is 3.45. The summed E-state index contributed by atoms with van der Waals surface area (Å²) in [7, 11) is 1.64. The summed E-state index contributed by atoms with van der Waals surface area (Å²) in [5, 5.41) is 4.33. The van der Waals surface area contributed by atoms with Crippen LogP contribution in [0.15, 0.2) is 48.5 Å². The fraction of sp³-hybridized carbons (Fsp3) is 0.238. The number of thiazole rings is 1. The van der Waals surface area contributed by atoms with Crippen molar-refractivity contribution in [3.8, 4) is 17.0 Å². The molecule has 1 aliphatic rings. The number of rotatable bonds is 5. The Morgan fingerprint density at radius 2 is 1.81 bits per heavy atom. The molecule has 1 aromatic heterocycles. The van der Waals surface area contributed by atoms with E-state index in [4.69, 9.17) is 16.3 Å². The Morgan fingerprint density at radius 3 is 2.41 bits per heavy atom. The molecule has 1 N–H and O–H groups in total. The molecule has 0 spiro atoms. The Bertz CT molecular complexity index is 976. The van der Waals surface area contributed by atoms with Gasteiger partial charge in [0.15, 0.2) is 5.13 Å². The number of aryl methyl sites for hydroxylation is 1. The van der Waals surface area contributed by atoms with Crippen molar-refractivity contribution in [1.82, 2.24) is 4.98 Å². The van der Waals surface area contributed by atoms with E-state index in [9.17, 15) is 4.79 Å². The quantitative estimate of drug-likeness (QED) is 0.621. The Labute approximate surface area is 167 Å². The Balaban J connectivity index is 1.54. The zero-order valence-electron chi connectivity index (χ0n) is 15.1. The van der Waals surface area contributed by atoms with Crippen LogP contribution in [0.2, 0.25) is 5.02 Å². The Morgan fingerprint density at radius 1 is 1.15 bits per heavy atom. The molecule has 138 valence electrons. The van der Waals surface area contributed by atoms with Crippen LogP contribution < -0.4 is 10.1 Å². The number of amides is 1. The number of methoxy groups -OCH3 is 1. The highest BCUT2D eigenvalue weighted by Crippen LogP contribution is 2.49. The van der Waals surface area contributed by atoms with Crippen LogP contribution in [0, 0.1) is 6.92 Å². The smallest absolute Gasteiger partial charge is 0.236 e. The third-order valence-electron chi connectivity index (χ3n) is 4.96. The lowest BCUT2D eigenvalue weighted by Gasteiger charge is -2.14. The fourth-order valence-corrected chi connectivity index (χ4v) is 4.18. The lowest BCUT2D eigenvalue weighted by atomic mass is 9.95. The van der Waals surface area contributed by atoms with E-state index in [0.717, 1.165) is 40.3 Å². The number of anilines is 1. The van der Waals surface area contributed by atoms with Crippen LogP contribution in [0.4, 0.5) is 5.13 Å². The summed E-state index contributed by atoms with van der Waals surface area (Å²) in [6.45, 7) is 2.01. The highest BCUT2D eigenvalue weighted by atomic mass is 35.5. The van der Waals surface area contributed by atoms with E-state index in [2.05, 4.69) is 10.3 Å². The van der Waals surface area contributed by atoms with Gasteiger partial charge in [-0.15, -0.1) is 11.3 Å². The second-order valence-corrected chi connectivity index (χ2v) is 8.34. The fourth-order valence-electron chi connectivity index (χ4n) is 3.22. The summed E-state index contributed by atoms with van der Waals surface area (Å²) < 4.78 is 5.20. The van der Waals surface area contributed by atoms with E-state index < -0.39 is 5.41 Å². The molecule has 0 bridgehead atoms. The van der Waals surface area contributed by atoms with Gasteiger partial charge in [0.25, 0.3) is 0 Å². The van der Waals surface area contributed by atoms with Crippen molar-refractivity contribution in [1.29, 1.82) is 0 Å². The SMILES string of the molecule is COc1ccc(-c2nc(NC(=O)C3(c4ccc(Cl)cc4)CC3)sc2C)cc1. The number of nitrogens with one attached hydrogen (secondary N) is 1. The summed E-state index contributed by atoms with van der Waals surface area (Å²) in [4.78, 5) is 18.6. The molecule has 1 heterocycles. The number of nitrogens with zero attached hydrogens (tertiary/aromatic N) is 1. The van der Waals surface area contributed by atoms with Gasteiger partial charge in [-0.1, -0.05) is 23.7 Å². The van der Waals surface area contributed by atoms with Crippen molar-refractivity contribution in [3.05, 3.63) is 64.0 Å². The van der Waals surface area contributed by atoms with E-state index in [0.29, 0.717) is 10.2 Å². The van der Waals surface area contributed by atoms with E-state index in [1.54, 1.807) is 7.11 Å². The molecule has 0 radical (unpaired) electrons. The standard InChI is InChI=1S/C21H19ClN2O2S/c1-13-18(14-3-9-17(26-2)10-4-14)23-20(27-13)24-19(25)21(11-12-21)15-5-7-16(22)8-6-15/h3-10H,11-12H2,1-2H3,(H,23,24,25). The van der Waals surface area contributed by atoms with Crippen molar-refractivity contribution in [2.45, 2.75) is 25.2 Å². The average molecular weight is 399 g/mol.